The Morgan fingerprint density at radius 3 is 2.73 bits per heavy atom. The quantitative estimate of drug-likeness (QED) is 0.708. The molecule has 1 aromatic heterocycles. The summed E-state index contributed by atoms with van der Waals surface area (Å²) in [6.45, 7) is 0.744. The zero-order valence-corrected chi connectivity index (χ0v) is 13.2. The van der Waals surface area contributed by atoms with Crippen LogP contribution in [-0.4, -0.2) is 14.3 Å². The minimum atomic E-state index is -0.145. The van der Waals surface area contributed by atoms with Crippen molar-refractivity contribution in [2.75, 3.05) is 0 Å². The van der Waals surface area contributed by atoms with Crippen LogP contribution in [-0.2, 0) is 13.2 Å². The van der Waals surface area contributed by atoms with E-state index < -0.39 is 0 Å². The lowest BCUT2D eigenvalue weighted by Crippen LogP contribution is -2.26. The second-order valence-corrected chi connectivity index (χ2v) is 5.99. The monoisotopic (exact) mass is 357 g/mol. The smallest absolute Gasteiger partial charge is 0.351 e. The Morgan fingerprint density at radius 2 is 1.91 bits per heavy atom. The Balaban J connectivity index is 1.77. The third-order valence-corrected chi connectivity index (χ3v) is 4.14. The van der Waals surface area contributed by atoms with Crippen LogP contribution in [0.25, 0.3) is 5.69 Å². The van der Waals surface area contributed by atoms with Crippen molar-refractivity contribution >= 4 is 15.9 Å². The molecule has 0 saturated heterocycles. The number of rotatable bonds is 2. The summed E-state index contributed by atoms with van der Waals surface area (Å²) in [6.07, 6.45) is 0. The Labute approximate surface area is 134 Å². The van der Waals surface area contributed by atoms with Gasteiger partial charge in [-0.15, -0.1) is 0 Å². The van der Waals surface area contributed by atoms with Gasteiger partial charge in [0.25, 0.3) is 0 Å². The Kier molecular flexibility index (Phi) is 3.11. The molecule has 3 aromatic rings. The van der Waals surface area contributed by atoms with E-state index >= 15 is 0 Å². The van der Waals surface area contributed by atoms with Crippen molar-refractivity contribution in [1.29, 1.82) is 0 Å². The molecule has 4 rings (SSSR count). The lowest BCUT2D eigenvalue weighted by Gasteiger charge is -2.16. The van der Waals surface area contributed by atoms with Crippen molar-refractivity contribution in [3.05, 3.63) is 74.9 Å². The van der Waals surface area contributed by atoms with Gasteiger partial charge in [0.2, 0.25) is 0 Å². The van der Waals surface area contributed by atoms with E-state index in [9.17, 15) is 4.79 Å². The number of benzene rings is 2. The van der Waals surface area contributed by atoms with Gasteiger partial charge in [-0.1, -0.05) is 40.2 Å². The highest BCUT2D eigenvalue weighted by molar-refractivity contribution is 9.10. The fraction of sp³-hybridized carbons (Fsp3) is 0.125. The average molecular weight is 358 g/mol. The molecule has 0 spiro atoms. The summed E-state index contributed by atoms with van der Waals surface area (Å²) in [5, 5.41) is 4.40. The van der Waals surface area contributed by atoms with Gasteiger partial charge >= 0.3 is 5.69 Å². The van der Waals surface area contributed by atoms with E-state index in [1.807, 2.05) is 48.5 Å². The molecule has 6 heteroatoms. The summed E-state index contributed by atoms with van der Waals surface area (Å²) < 4.78 is 9.75. The zero-order chi connectivity index (χ0) is 15.1. The molecule has 0 aliphatic carbocycles. The van der Waals surface area contributed by atoms with Crippen LogP contribution in [0.15, 0.2) is 57.8 Å². The normalized spacial score (nSPS) is 12.4. The zero-order valence-electron chi connectivity index (χ0n) is 11.6. The van der Waals surface area contributed by atoms with E-state index in [0.717, 1.165) is 15.7 Å². The van der Waals surface area contributed by atoms with Crippen LogP contribution in [0, 0.1) is 0 Å². The number of halogens is 1. The second kappa shape index (κ2) is 5.14. The maximum atomic E-state index is 12.6. The summed E-state index contributed by atoms with van der Waals surface area (Å²) in [6, 6.07) is 15.3. The standard InChI is InChI=1S/C16H12BrN3O2/c17-12-7-5-11(6-8-12)9-19-16(21)20-13-3-1-2-4-14(13)22-10-15(20)18-19/h1-8H,9-10H2. The summed E-state index contributed by atoms with van der Waals surface area (Å²) >= 11 is 3.40. The topological polar surface area (TPSA) is 49.0 Å². The fourth-order valence-electron chi connectivity index (χ4n) is 2.56. The molecule has 1 aliphatic rings. The first kappa shape index (κ1) is 13.3. The molecule has 0 radical (unpaired) electrons. The molecule has 2 heterocycles. The van der Waals surface area contributed by atoms with Crippen molar-refractivity contribution in [2.24, 2.45) is 0 Å². The van der Waals surface area contributed by atoms with Gasteiger partial charge in [-0.25, -0.2) is 14.0 Å². The number of fused-ring (bicyclic) bond motifs is 3. The number of hydrogen-bond donors (Lipinski definition) is 0. The van der Waals surface area contributed by atoms with E-state index in [1.54, 1.807) is 4.57 Å². The lowest BCUT2D eigenvalue weighted by atomic mass is 10.2. The first-order valence-corrected chi connectivity index (χ1v) is 7.67. The van der Waals surface area contributed by atoms with E-state index in [2.05, 4.69) is 21.0 Å². The van der Waals surface area contributed by atoms with Crippen LogP contribution in [0.1, 0.15) is 11.4 Å². The molecule has 0 amide bonds. The summed E-state index contributed by atoms with van der Waals surface area (Å²) in [7, 11) is 0. The van der Waals surface area contributed by atoms with Gasteiger partial charge < -0.3 is 4.74 Å². The highest BCUT2D eigenvalue weighted by Gasteiger charge is 2.22. The van der Waals surface area contributed by atoms with Crippen LogP contribution in [0.2, 0.25) is 0 Å². The predicted molar refractivity (Wildman–Crippen MR) is 85.4 cm³/mol. The van der Waals surface area contributed by atoms with Crippen molar-refractivity contribution in [2.45, 2.75) is 13.2 Å². The summed E-state index contributed by atoms with van der Waals surface area (Å²) in [5.74, 6) is 1.33. The SMILES string of the molecule is O=c1n(Cc2ccc(Br)cc2)nc2n1-c1ccccc1OC2. The largest absolute Gasteiger partial charge is 0.483 e. The Morgan fingerprint density at radius 1 is 1.14 bits per heavy atom. The molecule has 0 N–H and O–H groups in total. The Hall–Kier alpha value is -2.34. The molecule has 0 bridgehead atoms. The van der Waals surface area contributed by atoms with Gasteiger partial charge in [-0.05, 0) is 29.8 Å². The van der Waals surface area contributed by atoms with Crippen molar-refractivity contribution in [1.82, 2.24) is 14.3 Å². The molecular weight excluding hydrogens is 346 g/mol. The van der Waals surface area contributed by atoms with Crippen LogP contribution in [0.5, 0.6) is 5.75 Å². The van der Waals surface area contributed by atoms with E-state index in [-0.39, 0.29) is 5.69 Å². The third kappa shape index (κ3) is 2.16. The predicted octanol–water partition coefficient (Wildman–Crippen LogP) is 2.74. The van der Waals surface area contributed by atoms with Crippen LogP contribution >= 0.6 is 15.9 Å². The number of para-hydroxylation sites is 2. The Bertz CT molecular complexity index is 896. The highest BCUT2D eigenvalue weighted by Crippen LogP contribution is 2.27. The fourth-order valence-corrected chi connectivity index (χ4v) is 2.82. The molecule has 110 valence electrons. The molecule has 1 aliphatic heterocycles. The summed E-state index contributed by atoms with van der Waals surface area (Å²) in [4.78, 5) is 12.6. The molecule has 2 aromatic carbocycles. The van der Waals surface area contributed by atoms with E-state index in [4.69, 9.17) is 4.74 Å². The first-order valence-electron chi connectivity index (χ1n) is 6.88. The van der Waals surface area contributed by atoms with Crippen molar-refractivity contribution < 1.29 is 4.74 Å². The molecule has 0 atom stereocenters. The molecule has 5 nitrogen and oxygen atoms in total. The van der Waals surface area contributed by atoms with Gasteiger partial charge in [0.1, 0.15) is 12.4 Å². The molecule has 0 fully saturated rings. The van der Waals surface area contributed by atoms with Gasteiger partial charge in [-0.2, -0.15) is 5.10 Å². The number of ether oxygens (including phenoxy) is 1. The maximum Gasteiger partial charge on any atom is 0.351 e. The lowest BCUT2D eigenvalue weighted by molar-refractivity contribution is 0.278. The molecule has 0 unspecified atom stereocenters. The van der Waals surface area contributed by atoms with Gasteiger partial charge in [0.15, 0.2) is 5.82 Å². The molecule has 22 heavy (non-hydrogen) atoms. The van der Waals surface area contributed by atoms with Gasteiger partial charge in [0.05, 0.1) is 12.2 Å². The van der Waals surface area contributed by atoms with E-state index in [1.165, 1.54) is 4.68 Å². The third-order valence-electron chi connectivity index (χ3n) is 3.61. The highest BCUT2D eigenvalue weighted by atomic mass is 79.9. The molecular formula is C16H12BrN3O2. The molecule has 0 saturated carbocycles. The van der Waals surface area contributed by atoms with Crippen LogP contribution in [0.4, 0.5) is 0 Å². The van der Waals surface area contributed by atoms with Crippen molar-refractivity contribution in [3.8, 4) is 11.4 Å². The minimum absolute atomic E-state index is 0.145. The first-order chi connectivity index (χ1) is 10.7. The van der Waals surface area contributed by atoms with E-state index in [0.29, 0.717) is 24.7 Å². The van der Waals surface area contributed by atoms with Crippen LogP contribution < -0.4 is 10.4 Å². The minimum Gasteiger partial charge on any atom is -0.483 e. The summed E-state index contributed by atoms with van der Waals surface area (Å²) in [5.41, 5.74) is 1.62. The van der Waals surface area contributed by atoms with Gasteiger partial charge in [-0.3, -0.25) is 0 Å². The number of hydrogen-bond acceptors (Lipinski definition) is 3. The number of nitrogens with zero attached hydrogens (tertiary/aromatic N) is 3. The number of aromatic nitrogens is 3. The maximum absolute atomic E-state index is 12.6. The van der Waals surface area contributed by atoms with Crippen molar-refractivity contribution in [3.63, 3.8) is 0 Å². The second-order valence-electron chi connectivity index (χ2n) is 5.07. The van der Waals surface area contributed by atoms with Crippen LogP contribution in [0.3, 0.4) is 0 Å². The average Bonchev–Trinajstić information content (AvgIpc) is 2.86. The van der Waals surface area contributed by atoms with Gasteiger partial charge in [0, 0.05) is 4.47 Å².